The highest BCUT2D eigenvalue weighted by atomic mass is 16.3. The predicted molar refractivity (Wildman–Crippen MR) is 109 cm³/mol. The van der Waals surface area contributed by atoms with Gasteiger partial charge in [0.15, 0.2) is 6.17 Å². The zero-order valence-electron chi connectivity index (χ0n) is 15.3. The molecule has 5 heteroatoms. The van der Waals surface area contributed by atoms with E-state index in [9.17, 15) is 9.90 Å². The quantitative estimate of drug-likeness (QED) is 0.728. The third-order valence-corrected chi connectivity index (χ3v) is 5.54. The second-order valence-corrected chi connectivity index (χ2v) is 7.24. The second kappa shape index (κ2) is 6.60. The lowest BCUT2D eigenvalue weighted by molar-refractivity contribution is -0.128. The Morgan fingerprint density at radius 2 is 1.61 bits per heavy atom. The number of aryl methyl sites for hydroxylation is 1. The standard InChI is InChI=1S/C23H21N3O2/c27-19-13-10-17(11-14-19)22-25-20-9-5-4-6-16(20)12-15-21(25)23(28)26(22)24-18-7-2-1-3-8-18/h1-11,13-14,21-22,24,27H,12,15H2/t21-,22+/m0/s1. The number of benzene rings is 3. The van der Waals surface area contributed by atoms with E-state index in [4.69, 9.17) is 0 Å². The van der Waals surface area contributed by atoms with E-state index in [-0.39, 0.29) is 23.9 Å². The normalized spacial score (nSPS) is 20.6. The molecule has 2 aliphatic heterocycles. The molecule has 1 amide bonds. The van der Waals surface area contributed by atoms with E-state index in [2.05, 4.69) is 22.5 Å². The van der Waals surface area contributed by atoms with Gasteiger partial charge in [-0.1, -0.05) is 48.5 Å². The van der Waals surface area contributed by atoms with Crippen molar-refractivity contribution in [2.24, 2.45) is 0 Å². The number of amides is 1. The Morgan fingerprint density at radius 3 is 2.39 bits per heavy atom. The Morgan fingerprint density at radius 1 is 0.893 bits per heavy atom. The van der Waals surface area contributed by atoms with Gasteiger partial charge >= 0.3 is 0 Å². The molecule has 0 saturated carbocycles. The highest BCUT2D eigenvalue weighted by Crippen LogP contribution is 2.44. The number of nitrogens with zero attached hydrogens (tertiary/aromatic N) is 2. The number of hydrazine groups is 1. The number of nitrogens with one attached hydrogen (secondary N) is 1. The molecule has 0 bridgehead atoms. The summed E-state index contributed by atoms with van der Waals surface area (Å²) in [5, 5.41) is 11.5. The van der Waals surface area contributed by atoms with Gasteiger partial charge in [0.05, 0.1) is 5.69 Å². The largest absolute Gasteiger partial charge is 0.508 e. The molecule has 3 aromatic rings. The van der Waals surface area contributed by atoms with Gasteiger partial charge in [-0.25, -0.2) is 5.01 Å². The number of fused-ring (bicyclic) bond motifs is 3. The summed E-state index contributed by atoms with van der Waals surface area (Å²) in [7, 11) is 0. The maximum Gasteiger partial charge on any atom is 0.265 e. The fourth-order valence-corrected chi connectivity index (χ4v) is 4.25. The maximum atomic E-state index is 13.4. The lowest BCUT2D eigenvalue weighted by atomic mass is 9.96. The SMILES string of the molecule is O=C1[C@@H]2CCc3ccccc3N2[C@@H](c2ccc(O)cc2)N1Nc1ccccc1. The number of rotatable bonds is 3. The van der Waals surface area contributed by atoms with Gasteiger partial charge in [-0.3, -0.25) is 10.2 Å². The van der Waals surface area contributed by atoms with Crippen LogP contribution in [0.3, 0.4) is 0 Å². The van der Waals surface area contributed by atoms with Crippen LogP contribution in [0.15, 0.2) is 78.9 Å². The van der Waals surface area contributed by atoms with E-state index in [1.54, 1.807) is 17.1 Å². The Labute approximate surface area is 163 Å². The van der Waals surface area contributed by atoms with Crippen LogP contribution in [0.5, 0.6) is 5.75 Å². The monoisotopic (exact) mass is 371 g/mol. The van der Waals surface area contributed by atoms with Crippen molar-refractivity contribution in [1.82, 2.24) is 5.01 Å². The molecule has 0 spiro atoms. The van der Waals surface area contributed by atoms with Crippen LogP contribution in [0.2, 0.25) is 0 Å². The number of phenolic OH excluding ortho intramolecular Hbond substituents is 1. The number of aromatic hydroxyl groups is 1. The van der Waals surface area contributed by atoms with Gasteiger partial charge in [0, 0.05) is 5.69 Å². The first kappa shape index (κ1) is 16.7. The molecule has 2 N–H and O–H groups in total. The minimum Gasteiger partial charge on any atom is -0.508 e. The van der Waals surface area contributed by atoms with Crippen LogP contribution in [-0.2, 0) is 11.2 Å². The van der Waals surface area contributed by atoms with Gasteiger partial charge < -0.3 is 10.0 Å². The summed E-state index contributed by atoms with van der Waals surface area (Å²) >= 11 is 0. The highest BCUT2D eigenvalue weighted by Gasteiger charge is 2.49. The van der Waals surface area contributed by atoms with Crippen molar-refractivity contribution in [1.29, 1.82) is 0 Å². The Bertz CT molecular complexity index is 1000. The zero-order valence-corrected chi connectivity index (χ0v) is 15.3. The number of carbonyl (C=O) groups is 1. The number of anilines is 2. The highest BCUT2D eigenvalue weighted by molar-refractivity contribution is 5.92. The first-order chi connectivity index (χ1) is 13.7. The summed E-state index contributed by atoms with van der Waals surface area (Å²) in [6, 6.07) is 24.9. The van der Waals surface area contributed by atoms with Gasteiger partial charge in [0.1, 0.15) is 11.8 Å². The van der Waals surface area contributed by atoms with Gasteiger partial charge in [-0.15, -0.1) is 0 Å². The van der Waals surface area contributed by atoms with E-state index < -0.39 is 0 Å². The molecular weight excluding hydrogens is 350 g/mol. The predicted octanol–water partition coefficient (Wildman–Crippen LogP) is 4.08. The van der Waals surface area contributed by atoms with Gasteiger partial charge in [-0.05, 0) is 54.3 Å². The molecule has 0 aromatic heterocycles. The summed E-state index contributed by atoms with van der Waals surface area (Å²) < 4.78 is 0. The molecule has 5 nitrogen and oxygen atoms in total. The summed E-state index contributed by atoms with van der Waals surface area (Å²) in [6.07, 6.45) is 1.39. The number of carbonyl (C=O) groups excluding carboxylic acids is 1. The molecule has 0 aliphatic carbocycles. The lowest BCUT2D eigenvalue weighted by Crippen LogP contribution is -2.38. The second-order valence-electron chi connectivity index (χ2n) is 7.24. The first-order valence-corrected chi connectivity index (χ1v) is 9.52. The average molecular weight is 371 g/mol. The van der Waals surface area contributed by atoms with Crippen molar-refractivity contribution >= 4 is 17.3 Å². The van der Waals surface area contributed by atoms with E-state index in [1.165, 1.54) is 5.56 Å². The van der Waals surface area contributed by atoms with Crippen molar-refractivity contribution in [3.05, 3.63) is 90.0 Å². The van der Waals surface area contributed by atoms with Crippen LogP contribution in [0.25, 0.3) is 0 Å². The Kier molecular flexibility index (Phi) is 3.93. The van der Waals surface area contributed by atoms with E-state index in [1.807, 2.05) is 54.6 Å². The summed E-state index contributed by atoms with van der Waals surface area (Å²) in [6.45, 7) is 0. The minimum atomic E-state index is -0.292. The fourth-order valence-electron chi connectivity index (χ4n) is 4.25. The number of hydrogen-bond acceptors (Lipinski definition) is 4. The van der Waals surface area contributed by atoms with E-state index >= 15 is 0 Å². The lowest BCUT2D eigenvalue weighted by Gasteiger charge is -2.37. The van der Waals surface area contributed by atoms with Crippen LogP contribution >= 0.6 is 0 Å². The average Bonchev–Trinajstić information content (AvgIpc) is 3.02. The van der Waals surface area contributed by atoms with Crippen molar-refractivity contribution in [3.63, 3.8) is 0 Å². The Hall–Kier alpha value is -3.47. The molecule has 3 aromatic carbocycles. The molecular formula is C23H21N3O2. The molecule has 0 radical (unpaired) electrons. The third-order valence-electron chi connectivity index (χ3n) is 5.54. The molecule has 28 heavy (non-hydrogen) atoms. The zero-order chi connectivity index (χ0) is 19.1. The van der Waals surface area contributed by atoms with Crippen LogP contribution in [0.4, 0.5) is 11.4 Å². The van der Waals surface area contributed by atoms with Crippen molar-refractivity contribution in [3.8, 4) is 5.75 Å². The summed E-state index contributed by atoms with van der Waals surface area (Å²) in [5.41, 5.74) is 7.50. The van der Waals surface area contributed by atoms with Crippen LogP contribution in [-0.4, -0.2) is 22.1 Å². The molecule has 5 rings (SSSR count). The molecule has 1 fully saturated rings. The summed E-state index contributed by atoms with van der Waals surface area (Å²) in [4.78, 5) is 15.6. The molecule has 1 saturated heterocycles. The molecule has 2 atom stereocenters. The van der Waals surface area contributed by atoms with Crippen LogP contribution in [0.1, 0.15) is 23.7 Å². The minimum absolute atomic E-state index is 0.0661. The fraction of sp³-hybridized carbons (Fsp3) is 0.174. The van der Waals surface area contributed by atoms with E-state index in [0.717, 1.165) is 29.8 Å². The number of hydrogen-bond donors (Lipinski definition) is 2. The van der Waals surface area contributed by atoms with Crippen LogP contribution in [0, 0.1) is 0 Å². The smallest absolute Gasteiger partial charge is 0.265 e. The van der Waals surface area contributed by atoms with Crippen LogP contribution < -0.4 is 10.3 Å². The maximum absolute atomic E-state index is 13.4. The van der Waals surface area contributed by atoms with Crippen molar-refractivity contribution in [2.45, 2.75) is 25.0 Å². The topological polar surface area (TPSA) is 55.8 Å². The third kappa shape index (κ3) is 2.67. The molecule has 2 aliphatic rings. The van der Waals surface area contributed by atoms with Crippen molar-refractivity contribution < 1.29 is 9.90 Å². The van der Waals surface area contributed by atoms with Gasteiger partial charge in [0.25, 0.3) is 5.91 Å². The van der Waals surface area contributed by atoms with E-state index in [0.29, 0.717) is 0 Å². The molecule has 2 heterocycles. The molecule has 0 unspecified atom stereocenters. The first-order valence-electron chi connectivity index (χ1n) is 9.52. The number of phenols is 1. The van der Waals surface area contributed by atoms with Crippen molar-refractivity contribution in [2.75, 3.05) is 10.3 Å². The van der Waals surface area contributed by atoms with Gasteiger partial charge in [-0.2, -0.15) is 0 Å². The summed E-state index contributed by atoms with van der Waals surface area (Å²) in [5.74, 6) is 0.280. The van der Waals surface area contributed by atoms with Gasteiger partial charge in [0.2, 0.25) is 0 Å². The number of para-hydroxylation sites is 2. The molecule has 140 valence electrons. The Balaban J connectivity index is 1.62.